The van der Waals surface area contributed by atoms with Gasteiger partial charge in [-0.1, -0.05) is 13.3 Å². The first kappa shape index (κ1) is 13.8. The molecule has 90 valence electrons. The molecular formula is C10H15ClIN3O. The Bertz CT molecular complexity index is 383. The fourth-order valence-electron chi connectivity index (χ4n) is 1.37. The van der Waals surface area contributed by atoms with Crippen LogP contribution in [0.1, 0.15) is 19.8 Å². The van der Waals surface area contributed by atoms with Crippen LogP contribution in [0.25, 0.3) is 0 Å². The van der Waals surface area contributed by atoms with Crippen LogP contribution in [0.15, 0.2) is 11.1 Å². The van der Waals surface area contributed by atoms with Gasteiger partial charge in [-0.15, -0.1) is 11.6 Å². The molecule has 1 aromatic heterocycles. The Morgan fingerprint density at radius 1 is 1.56 bits per heavy atom. The van der Waals surface area contributed by atoms with Crippen molar-refractivity contribution in [2.45, 2.75) is 19.8 Å². The largest absolute Gasteiger partial charge is 0.354 e. The number of hydrogen-bond donors (Lipinski definition) is 1. The second-order valence-corrected chi connectivity index (χ2v) is 4.86. The number of anilines is 1. The van der Waals surface area contributed by atoms with E-state index in [1.807, 2.05) is 22.6 Å². The minimum absolute atomic E-state index is 0.0957. The van der Waals surface area contributed by atoms with Gasteiger partial charge in [0.15, 0.2) is 0 Å². The number of rotatable bonds is 6. The Labute approximate surface area is 114 Å². The summed E-state index contributed by atoms with van der Waals surface area (Å²) in [5, 5.41) is 0. The number of halogens is 2. The molecule has 0 amide bonds. The number of nitrogens with one attached hydrogen (secondary N) is 1. The number of unbranched alkanes of at least 4 members (excludes halogenated alkanes) is 1. The van der Waals surface area contributed by atoms with E-state index in [-0.39, 0.29) is 5.56 Å². The summed E-state index contributed by atoms with van der Waals surface area (Å²) in [4.78, 5) is 20.3. The van der Waals surface area contributed by atoms with Crippen molar-refractivity contribution in [3.63, 3.8) is 0 Å². The average Bonchev–Trinajstić information content (AvgIpc) is 2.28. The summed E-state index contributed by atoms with van der Waals surface area (Å²) in [7, 11) is 0. The molecule has 0 saturated heterocycles. The van der Waals surface area contributed by atoms with E-state index < -0.39 is 0 Å². The molecule has 0 aliphatic carbocycles. The minimum Gasteiger partial charge on any atom is -0.354 e. The second kappa shape index (κ2) is 7.11. The maximum atomic E-state index is 11.5. The highest BCUT2D eigenvalue weighted by atomic mass is 127. The molecule has 16 heavy (non-hydrogen) atoms. The molecule has 0 aliphatic rings. The van der Waals surface area contributed by atoms with E-state index in [9.17, 15) is 4.79 Å². The van der Waals surface area contributed by atoms with Crippen LogP contribution in [-0.2, 0) is 0 Å². The molecule has 1 rings (SSSR count). The van der Waals surface area contributed by atoms with Crippen LogP contribution in [0, 0.1) is 3.57 Å². The molecule has 6 heteroatoms. The normalized spacial score (nSPS) is 10.4. The lowest BCUT2D eigenvalue weighted by Crippen LogP contribution is -2.30. The Balaban J connectivity index is 2.91. The fraction of sp³-hybridized carbons (Fsp3) is 0.600. The third-order valence-corrected chi connectivity index (χ3v) is 3.36. The van der Waals surface area contributed by atoms with Crippen molar-refractivity contribution in [2.75, 3.05) is 23.9 Å². The lowest BCUT2D eigenvalue weighted by molar-refractivity contribution is 0.721. The molecule has 0 saturated carbocycles. The third kappa shape index (κ3) is 3.62. The van der Waals surface area contributed by atoms with Gasteiger partial charge in [-0.25, -0.2) is 4.98 Å². The first-order valence-electron chi connectivity index (χ1n) is 5.24. The lowest BCUT2D eigenvalue weighted by Gasteiger charge is -2.22. The summed E-state index contributed by atoms with van der Waals surface area (Å²) in [6.45, 7) is 3.73. The van der Waals surface area contributed by atoms with Crippen LogP contribution in [0.5, 0.6) is 0 Å². The molecule has 0 radical (unpaired) electrons. The van der Waals surface area contributed by atoms with Gasteiger partial charge in [-0.3, -0.25) is 4.79 Å². The monoisotopic (exact) mass is 355 g/mol. The Kier molecular flexibility index (Phi) is 6.12. The highest BCUT2D eigenvalue weighted by Gasteiger charge is 2.12. The molecule has 1 heterocycles. The molecule has 1 aromatic rings. The first-order valence-corrected chi connectivity index (χ1v) is 6.86. The number of aromatic amines is 1. The quantitative estimate of drug-likeness (QED) is 0.629. The zero-order valence-corrected chi connectivity index (χ0v) is 12.1. The van der Waals surface area contributed by atoms with Crippen molar-refractivity contribution in [1.29, 1.82) is 0 Å². The maximum absolute atomic E-state index is 11.5. The molecular weight excluding hydrogens is 340 g/mol. The van der Waals surface area contributed by atoms with E-state index in [0.29, 0.717) is 16.0 Å². The number of H-pyrrole nitrogens is 1. The summed E-state index contributed by atoms with van der Waals surface area (Å²) >= 11 is 7.78. The van der Waals surface area contributed by atoms with Crippen LogP contribution in [0.4, 0.5) is 5.82 Å². The fourth-order valence-corrected chi connectivity index (χ4v) is 2.21. The van der Waals surface area contributed by atoms with E-state index in [4.69, 9.17) is 11.6 Å². The summed E-state index contributed by atoms with van der Waals surface area (Å²) in [5.74, 6) is 1.27. The zero-order valence-electron chi connectivity index (χ0n) is 9.17. The van der Waals surface area contributed by atoms with Crippen molar-refractivity contribution in [2.24, 2.45) is 0 Å². The molecule has 0 aliphatic heterocycles. The summed E-state index contributed by atoms with van der Waals surface area (Å²) < 4.78 is 0.626. The molecule has 1 N–H and O–H groups in total. The Hall–Kier alpha value is -0.300. The summed E-state index contributed by atoms with van der Waals surface area (Å²) in [6, 6.07) is 0. The summed E-state index contributed by atoms with van der Waals surface area (Å²) in [5.41, 5.74) is -0.0957. The third-order valence-electron chi connectivity index (χ3n) is 2.21. The first-order chi connectivity index (χ1) is 7.70. The van der Waals surface area contributed by atoms with Crippen molar-refractivity contribution in [1.82, 2.24) is 9.97 Å². The van der Waals surface area contributed by atoms with E-state index in [2.05, 4.69) is 21.8 Å². The van der Waals surface area contributed by atoms with Gasteiger partial charge in [0.1, 0.15) is 9.39 Å². The zero-order chi connectivity index (χ0) is 12.0. The molecule has 4 nitrogen and oxygen atoms in total. The molecule has 0 fully saturated rings. The minimum atomic E-state index is -0.0957. The van der Waals surface area contributed by atoms with Crippen LogP contribution in [0.3, 0.4) is 0 Å². The Morgan fingerprint density at radius 2 is 2.31 bits per heavy atom. The second-order valence-electron chi connectivity index (χ2n) is 3.40. The van der Waals surface area contributed by atoms with Gasteiger partial charge < -0.3 is 9.88 Å². The highest BCUT2D eigenvalue weighted by molar-refractivity contribution is 14.1. The van der Waals surface area contributed by atoms with Crippen molar-refractivity contribution in [3.8, 4) is 0 Å². The van der Waals surface area contributed by atoms with Gasteiger partial charge in [0.2, 0.25) is 0 Å². The van der Waals surface area contributed by atoms with Crippen molar-refractivity contribution >= 4 is 40.0 Å². The van der Waals surface area contributed by atoms with E-state index in [0.717, 1.165) is 25.2 Å². The lowest BCUT2D eigenvalue weighted by atomic mass is 10.3. The van der Waals surface area contributed by atoms with E-state index in [1.54, 1.807) is 0 Å². The van der Waals surface area contributed by atoms with Gasteiger partial charge in [0, 0.05) is 19.0 Å². The van der Waals surface area contributed by atoms with Crippen LogP contribution >= 0.6 is 34.2 Å². The smallest absolute Gasteiger partial charge is 0.266 e. The predicted octanol–water partition coefficient (Wildman–Crippen LogP) is 2.22. The van der Waals surface area contributed by atoms with E-state index in [1.165, 1.54) is 6.33 Å². The van der Waals surface area contributed by atoms with Crippen LogP contribution in [0.2, 0.25) is 0 Å². The van der Waals surface area contributed by atoms with E-state index >= 15 is 0 Å². The van der Waals surface area contributed by atoms with Gasteiger partial charge >= 0.3 is 0 Å². The molecule has 0 unspecified atom stereocenters. The van der Waals surface area contributed by atoms with Crippen LogP contribution in [-0.4, -0.2) is 28.9 Å². The van der Waals surface area contributed by atoms with Gasteiger partial charge in [-0.2, -0.15) is 0 Å². The number of alkyl halides is 1. The highest BCUT2D eigenvalue weighted by Crippen LogP contribution is 2.15. The standard InChI is InChI=1S/C10H15ClIN3O/c1-2-3-5-15(6-4-11)9-8(12)10(16)14-7-13-9/h7H,2-6H2,1H3,(H,13,14,16). The Morgan fingerprint density at radius 3 is 2.94 bits per heavy atom. The molecule has 0 atom stereocenters. The average molecular weight is 356 g/mol. The number of aromatic nitrogens is 2. The number of hydrogen-bond acceptors (Lipinski definition) is 3. The summed E-state index contributed by atoms with van der Waals surface area (Å²) in [6.07, 6.45) is 3.62. The van der Waals surface area contributed by atoms with Crippen molar-refractivity contribution in [3.05, 3.63) is 20.3 Å². The van der Waals surface area contributed by atoms with Gasteiger partial charge in [0.25, 0.3) is 5.56 Å². The molecule has 0 aromatic carbocycles. The van der Waals surface area contributed by atoms with Gasteiger partial charge in [-0.05, 0) is 29.0 Å². The SMILES string of the molecule is CCCCN(CCCl)c1nc[nH]c(=O)c1I. The van der Waals surface area contributed by atoms with Gasteiger partial charge in [0.05, 0.1) is 6.33 Å². The van der Waals surface area contributed by atoms with Crippen molar-refractivity contribution < 1.29 is 0 Å². The predicted molar refractivity (Wildman–Crippen MR) is 75.4 cm³/mol. The molecule has 0 spiro atoms. The number of nitrogens with zero attached hydrogens (tertiary/aromatic N) is 2. The maximum Gasteiger partial charge on any atom is 0.266 e. The van der Waals surface area contributed by atoms with Crippen LogP contribution < -0.4 is 10.5 Å². The molecule has 0 bridgehead atoms. The topological polar surface area (TPSA) is 49.0 Å².